The van der Waals surface area contributed by atoms with E-state index in [0.717, 1.165) is 67.8 Å². The van der Waals surface area contributed by atoms with Gasteiger partial charge < -0.3 is 9.80 Å². The van der Waals surface area contributed by atoms with Crippen LogP contribution in [0.5, 0.6) is 0 Å². The van der Waals surface area contributed by atoms with Crippen molar-refractivity contribution in [1.29, 1.82) is 0 Å². The van der Waals surface area contributed by atoms with Gasteiger partial charge in [0.25, 0.3) is 0 Å². The Labute approximate surface area is 342 Å². The monoisotopic (exact) mass is 750 g/mol. The average Bonchev–Trinajstić information content (AvgIpc) is 3.26. The van der Waals surface area contributed by atoms with E-state index in [4.69, 9.17) is 0 Å². The van der Waals surface area contributed by atoms with Gasteiger partial charge in [0.1, 0.15) is 0 Å². The van der Waals surface area contributed by atoms with Gasteiger partial charge in [-0.3, -0.25) is 9.97 Å². The van der Waals surface area contributed by atoms with Crippen LogP contribution in [0.15, 0.2) is 182 Å². The summed E-state index contributed by atoms with van der Waals surface area (Å²) in [6.45, 7) is 8.47. The Hall–Kier alpha value is -7.30. The molecule has 2 aromatic heterocycles. The molecule has 0 unspecified atom stereocenters. The van der Waals surface area contributed by atoms with Crippen LogP contribution in [0, 0.1) is 27.7 Å². The Balaban J connectivity index is 0.965. The van der Waals surface area contributed by atoms with Crippen LogP contribution in [0.25, 0.3) is 35.7 Å². The Morgan fingerprint density at radius 1 is 0.293 bits per heavy atom. The van der Waals surface area contributed by atoms with Crippen molar-refractivity contribution in [1.82, 2.24) is 9.97 Å². The van der Waals surface area contributed by atoms with Crippen molar-refractivity contribution in [3.8, 4) is 11.4 Å². The van der Waals surface area contributed by atoms with Gasteiger partial charge in [0.15, 0.2) is 0 Å². The van der Waals surface area contributed by atoms with Crippen molar-refractivity contribution >= 4 is 58.4 Å². The number of pyridine rings is 2. The predicted octanol–water partition coefficient (Wildman–Crippen LogP) is 14.7. The van der Waals surface area contributed by atoms with Crippen molar-refractivity contribution in [3.63, 3.8) is 0 Å². The van der Waals surface area contributed by atoms with Crippen molar-refractivity contribution in [2.75, 3.05) is 9.80 Å². The van der Waals surface area contributed by atoms with E-state index in [-0.39, 0.29) is 0 Å². The molecule has 282 valence electrons. The number of nitrogens with zero attached hydrogens (tertiary/aromatic N) is 4. The average molecular weight is 751 g/mol. The summed E-state index contributed by atoms with van der Waals surface area (Å²) in [6.07, 6.45) is 12.2. The maximum atomic E-state index is 4.68. The molecule has 0 fully saturated rings. The summed E-state index contributed by atoms with van der Waals surface area (Å²) in [5.41, 5.74) is 17.7. The second-order valence-electron chi connectivity index (χ2n) is 14.8. The van der Waals surface area contributed by atoms with Gasteiger partial charge in [-0.15, -0.1) is 0 Å². The first-order valence-corrected chi connectivity index (χ1v) is 19.7. The number of benzene rings is 6. The number of hydrogen-bond acceptors (Lipinski definition) is 4. The Bertz CT molecular complexity index is 2380. The van der Waals surface area contributed by atoms with E-state index in [2.05, 4.69) is 229 Å². The summed E-state index contributed by atoms with van der Waals surface area (Å²) in [5.74, 6) is 0. The molecule has 2 heterocycles. The topological polar surface area (TPSA) is 32.3 Å². The van der Waals surface area contributed by atoms with Crippen molar-refractivity contribution in [3.05, 3.63) is 227 Å². The van der Waals surface area contributed by atoms with E-state index in [0.29, 0.717) is 0 Å². The molecule has 0 N–H and O–H groups in total. The molecular formula is C54H46N4. The molecule has 6 aromatic carbocycles. The van der Waals surface area contributed by atoms with Gasteiger partial charge in [0, 0.05) is 46.5 Å². The number of aryl methyl sites for hydroxylation is 4. The highest BCUT2D eigenvalue weighted by Crippen LogP contribution is 2.36. The molecule has 0 aliphatic heterocycles. The van der Waals surface area contributed by atoms with Crippen LogP contribution < -0.4 is 9.80 Å². The summed E-state index contributed by atoms with van der Waals surface area (Å²) >= 11 is 0. The zero-order valence-electron chi connectivity index (χ0n) is 33.4. The fourth-order valence-electron chi connectivity index (χ4n) is 6.90. The lowest BCUT2D eigenvalue weighted by molar-refractivity contribution is 1.24. The molecule has 0 atom stereocenters. The number of aromatic nitrogens is 2. The predicted molar refractivity (Wildman–Crippen MR) is 247 cm³/mol. The fraction of sp³-hybridized carbons (Fsp3) is 0.0741. The highest BCUT2D eigenvalue weighted by molar-refractivity contribution is 5.80. The molecule has 8 aromatic rings. The van der Waals surface area contributed by atoms with Gasteiger partial charge in [0.05, 0.1) is 11.4 Å². The highest BCUT2D eigenvalue weighted by Gasteiger charge is 2.14. The molecule has 8 rings (SSSR count). The minimum atomic E-state index is 0.830. The molecule has 0 aliphatic rings. The number of rotatable bonds is 11. The van der Waals surface area contributed by atoms with Crippen LogP contribution in [0.4, 0.5) is 34.1 Å². The summed E-state index contributed by atoms with van der Waals surface area (Å²) in [7, 11) is 0. The van der Waals surface area contributed by atoms with E-state index in [1.165, 1.54) is 22.3 Å². The van der Waals surface area contributed by atoms with Gasteiger partial charge in [-0.2, -0.15) is 0 Å². The molecule has 4 nitrogen and oxygen atoms in total. The van der Waals surface area contributed by atoms with Gasteiger partial charge in [-0.25, -0.2) is 0 Å². The van der Waals surface area contributed by atoms with Crippen molar-refractivity contribution in [2.45, 2.75) is 27.7 Å². The highest BCUT2D eigenvalue weighted by atomic mass is 15.1. The standard InChI is InChI=1S/C54H46N4/c1-39-5-21-47(22-6-39)57(48-23-7-40(2)8-24-48)51-29-17-43(18-30-51)13-15-45-33-35-55-53(37-45)54-38-46(34-36-56-54)16-14-44-19-31-52(32-20-44)58(49-25-9-41(3)10-26-49)50-27-11-42(4)12-28-50/h5-38H,1-4H3. The third-order valence-corrected chi connectivity index (χ3v) is 10.2. The Morgan fingerprint density at radius 2 is 0.534 bits per heavy atom. The molecule has 0 saturated carbocycles. The first kappa shape index (κ1) is 37.6. The van der Waals surface area contributed by atoms with Gasteiger partial charge in [0.2, 0.25) is 0 Å². The molecule has 0 saturated heterocycles. The molecule has 0 radical (unpaired) electrons. The lowest BCUT2D eigenvalue weighted by Crippen LogP contribution is -2.09. The second kappa shape index (κ2) is 17.2. The van der Waals surface area contributed by atoms with E-state index < -0.39 is 0 Å². The summed E-state index contributed by atoms with van der Waals surface area (Å²) in [5, 5.41) is 0. The van der Waals surface area contributed by atoms with Gasteiger partial charge in [-0.05, 0) is 147 Å². The normalized spacial score (nSPS) is 11.3. The van der Waals surface area contributed by atoms with E-state index in [9.17, 15) is 0 Å². The molecule has 4 heteroatoms. The molecule has 0 amide bonds. The third-order valence-electron chi connectivity index (χ3n) is 10.2. The lowest BCUT2D eigenvalue weighted by atomic mass is 10.1. The van der Waals surface area contributed by atoms with Crippen LogP contribution in [0.2, 0.25) is 0 Å². The third kappa shape index (κ3) is 9.04. The summed E-state index contributed by atoms with van der Waals surface area (Å²) in [6, 6.07) is 60.3. The van der Waals surface area contributed by atoms with E-state index in [1.807, 2.05) is 24.5 Å². The molecule has 0 aliphatic carbocycles. The van der Waals surface area contributed by atoms with Crippen molar-refractivity contribution < 1.29 is 0 Å². The molecular weight excluding hydrogens is 705 g/mol. The molecule has 0 bridgehead atoms. The first-order valence-electron chi connectivity index (χ1n) is 19.7. The summed E-state index contributed by atoms with van der Waals surface area (Å²) in [4.78, 5) is 13.9. The number of hydrogen-bond donors (Lipinski definition) is 0. The van der Waals surface area contributed by atoms with Crippen LogP contribution >= 0.6 is 0 Å². The smallest absolute Gasteiger partial charge is 0.0892 e. The maximum absolute atomic E-state index is 4.68. The quantitative estimate of drug-likeness (QED) is 0.132. The minimum Gasteiger partial charge on any atom is -0.311 e. The van der Waals surface area contributed by atoms with Crippen molar-refractivity contribution in [2.24, 2.45) is 0 Å². The molecule has 58 heavy (non-hydrogen) atoms. The Kier molecular flexibility index (Phi) is 11.2. The summed E-state index contributed by atoms with van der Waals surface area (Å²) < 4.78 is 0. The largest absolute Gasteiger partial charge is 0.311 e. The zero-order chi connectivity index (χ0) is 39.8. The zero-order valence-corrected chi connectivity index (χ0v) is 33.4. The Morgan fingerprint density at radius 3 is 0.810 bits per heavy atom. The van der Waals surface area contributed by atoms with Crippen LogP contribution in [0.3, 0.4) is 0 Å². The van der Waals surface area contributed by atoms with Gasteiger partial charge >= 0.3 is 0 Å². The van der Waals surface area contributed by atoms with Crippen LogP contribution in [-0.2, 0) is 0 Å². The van der Waals surface area contributed by atoms with Crippen LogP contribution in [-0.4, -0.2) is 9.97 Å². The lowest BCUT2D eigenvalue weighted by Gasteiger charge is -2.25. The van der Waals surface area contributed by atoms with Crippen LogP contribution in [0.1, 0.15) is 44.5 Å². The molecule has 0 spiro atoms. The van der Waals surface area contributed by atoms with E-state index >= 15 is 0 Å². The maximum Gasteiger partial charge on any atom is 0.0892 e. The first-order chi connectivity index (χ1) is 28.3. The van der Waals surface area contributed by atoms with E-state index in [1.54, 1.807) is 0 Å². The number of anilines is 6. The minimum absolute atomic E-state index is 0.830. The van der Waals surface area contributed by atoms with Gasteiger partial charge in [-0.1, -0.05) is 119 Å². The SMILES string of the molecule is Cc1ccc(N(c2ccc(C)cc2)c2ccc(C=Cc3ccnc(-c4cc(C=Cc5ccc(N(c6ccc(C)cc6)c6ccc(C)cc6)cc5)ccn4)c3)cc2)cc1. The second-order valence-corrected chi connectivity index (χ2v) is 14.8. The fourth-order valence-corrected chi connectivity index (χ4v) is 6.90.